The number of nitrogens with zero attached hydrogens (tertiary/aromatic N) is 2. The number of benzene rings is 1. The number of anilines is 1. The highest BCUT2D eigenvalue weighted by Crippen LogP contribution is 2.14. The van der Waals surface area contributed by atoms with E-state index in [1.165, 1.54) is 12.1 Å². The molecule has 0 saturated carbocycles. The first kappa shape index (κ1) is 16.9. The molecule has 1 aromatic carbocycles. The second-order valence-corrected chi connectivity index (χ2v) is 4.27. The summed E-state index contributed by atoms with van der Waals surface area (Å²) in [7, 11) is 0. The van der Waals surface area contributed by atoms with E-state index in [2.05, 4.69) is 15.6 Å². The molecular formula is C14H17ClN4O2. The predicted octanol–water partition coefficient (Wildman–Crippen LogP) is 2.61. The van der Waals surface area contributed by atoms with Gasteiger partial charge in [-0.25, -0.2) is 0 Å². The summed E-state index contributed by atoms with van der Waals surface area (Å²) in [5.74, 6) is 0. The van der Waals surface area contributed by atoms with Gasteiger partial charge in [0.15, 0.2) is 0 Å². The van der Waals surface area contributed by atoms with Gasteiger partial charge in [0.2, 0.25) is 0 Å². The Hall–Kier alpha value is -2.18. The monoisotopic (exact) mass is 308 g/mol. The van der Waals surface area contributed by atoms with Crippen molar-refractivity contribution in [2.45, 2.75) is 6.54 Å². The predicted molar refractivity (Wildman–Crippen MR) is 84.8 cm³/mol. The molecule has 0 amide bonds. The van der Waals surface area contributed by atoms with Crippen molar-refractivity contribution in [3.8, 4) is 0 Å². The average molecular weight is 309 g/mol. The molecule has 0 radical (unpaired) electrons. The SMILES string of the molecule is Cl.O=[N+]([O-])c1ccc(NCCNCc2cccnc2)cc1. The molecule has 2 rings (SSSR count). The molecule has 2 aromatic rings. The lowest BCUT2D eigenvalue weighted by Gasteiger charge is -2.07. The van der Waals surface area contributed by atoms with Gasteiger partial charge in [0.05, 0.1) is 4.92 Å². The molecular weight excluding hydrogens is 292 g/mol. The minimum Gasteiger partial charge on any atom is -0.384 e. The highest BCUT2D eigenvalue weighted by molar-refractivity contribution is 5.85. The van der Waals surface area contributed by atoms with Crippen LogP contribution in [0.4, 0.5) is 11.4 Å². The van der Waals surface area contributed by atoms with Crippen molar-refractivity contribution in [2.75, 3.05) is 18.4 Å². The Morgan fingerprint density at radius 3 is 2.52 bits per heavy atom. The maximum absolute atomic E-state index is 10.5. The van der Waals surface area contributed by atoms with Crippen LogP contribution < -0.4 is 10.6 Å². The van der Waals surface area contributed by atoms with Crippen molar-refractivity contribution in [1.29, 1.82) is 0 Å². The third-order valence-electron chi connectivity index (χ3n) is 2.76. The van der Waals surface area contributed by atoms with Gasteiger partial charge in [-0.15, -0.1) is 12.4 Å². The van der Waals surface area contributed by atoms with Crippen LogP contribution in [0.5, 0.6) is 0 Å². The van der Waals surface area contributed by atoms with Crippen molar-refractivity contribution in [1.82, 2.24) is 10.3 Å². The molecule has 0 fully saturated rings. The van der Waals surface area contributed by atoms with Crippen LogP contribution in [0.1, 0.15) is 5.56 Å². The van der Waals surface area contributed by atoms with Gasteiger partial charge in [-0.05, 0) is 23.8 Å². The highest BCUT2D eigenvalue weighted by Gasteiger charge is 2.02. The Bertz CT molecular complexity index is 549. The molecule has 112 valence electrons. The van der Waals surface area contributed by atoms with Crippen LogP contribution in [0.3, 0.4) is 0 Å². The first-order valence-corrected chi connectivity index (χ1v) is 6.33. The fraction of sp³-hybridized carbons (Fsp3) is 0.214. The summed E-state index contributed by atoms with van der Waals surface area (Å²) < 4.78 is 0. The van der Waals surface area contributed by atoms with E-state index in [-0.39, 0.29) is 18.1 Å². The average Bonchev–Trinajstić information content (AvgIpc) is 2.48. The number of nitrogens with one attached hydrogen (secondary N) is 2. The summed E-state index contributed by atoms with van der Waals surface area (Å²) in [6, 6.07) is 10.3. The number of nitro benzene ring substituents is 1. The molecule has 0 atom stereocenters. The number of nitro groups is 1. The van der Waals surface area contributed by atoms with Gasteiger partial charge >= 0.3 is 0 Å². The Morgan fingerprint density at radius 2 is 1.90 bits per heavy atom. The first-order chi connectivity index (χ1) is 9.75. The molecule has 21 heavy (non-hydrogen) atoms. The van der Waals surface area contributed by atoms with Gasteiger partial charge < -0.3 is 10.6 Å². The summed E-state index contributed by atoms with van der Waals surface area (Å²) in [4.78, 5) is 14.2. The van der Waals surface area contributed by atoms with E-state index >= 15 is 0 Å². The van der Waals surface area contributed by atoms with Gasteiger partial charge in [0.25, 0.3) is 5.69 Å². The second kappa shape index (κ2) is 8.89. The third-order valence-corrected chi connectivity index (χ3v) is 2.76. The lowest BCUT2D eigenvalue weighted by atomic mass is 10.3. The molecule has 0 bridgehead atoms. The Labute approximate surface area is 129 Å². The van der Waals surface area contributed by atoms with E-state index in [9.17, 15) is 10.1 Å². The summed E-state index contributed by atoms with van der Waals surface area (Å²) >= 11 is 0. The molecule has 0 unspecified atom stereocenters. The van der Waals surface area contributed by atoms with Crippen LogP contribution in [0, 0.1) is 10.1 Å². The summed E-state index contributed by atoms with van der Waals surface area (Å²) in [6.07, 6.45) is 3.58. The van der Waals surface area contributed by atoms with Crippen LogP contribution in [-0.4, -0.2) is 23.0 Å². The van der Waals surface area contributed by atoms with Crippen molar-refractivity contribution in [3.05, 3.63) is 64.5 Å². The van der Waals surface area contributed by atoms with Crippen molar-refractivity contribution in [2.24, 2.45) is 0 Å². The lowest BCUT2D eigenvalue weighted by Crippen LogP contribution is -2.21. The molecule has 0 aliphatic carbocycles. The molecule has 0 spiro atoms. The normalized spacial score (nSPS) is 9.71. The van der Waals surface area contributed by atoms with Crippen LogP contribution >= 0.6 is 12.4 Å². The smallest absolute Gasteiger partial charge is 0.269 e. The topological polar surface area (TPSA) is 80.1 Å². The molecule has 0 saturated heterocycles. The van der Waals surface area contributed by atoms with Crippen LogP contribution in [0.2, 0.25) is 0 Å². The fourth-order valence-corrected chi connectivity index (χ4v) is 1.73. The highest BCUT2D eigenvalue weighted by atomic mass is 35.5. The van der Waals surface area contributed by atoms with E-state index in [1.807, 2.05) is 18.3 Å². The van der Waals surface area contributed by atoms with Crippen molar-refractivity contribution >= 4 is 23.8 Å². The number of non-ortho nitro benzene ring substituents is 1. The first-order valence-electron chi connectivity index (χ1n) is 6.33. The van der Waals surface area contributed by atoms with Gasteiger partial charge in [-0.2, -0.15) is 0 Å². The van der Waals surface area contributed by atoms with E-state index in [0.29, 0.717) is 0 Å². The van der Waals surface area contributed by atoms with Gasteiger partial charge in [-0.3, -0.25) is 15.1 Å². The van der Waals surface area contributed by atoms with E-state index < -0.39 is 4.92 Å². The summed E-state index contributed by atoms with van der Waals surface area (Å²) in [5.41, 5.74) is 2.12. The van der Waals surface area contributed by atoms with Crippen molar-refractivity contribution in [3.63, 3.8) is 0 Å². The standard InChI is InChI=1S/C14H16N4O2.ClH/c19-18(20)14-5-3-13(4-6-14)17-9-8-16-11-12-2-1-7-15-10-12;/h1-7,10,16-17H,8-9,11H2;1H. The Morgan fingerprint density at radius 1 is 1.14 bits per heavy atom. The Balaban J connectivity index is 0.00000220. The molecule has 1 heterocycles. The number of aromatic nitrogens is 1. The second-order valence-electron chi connectivity index (χ2n) is 4.27. The summed E-state index contributed by atoms with van der Waals surface area (Å²) in [6.45, 7) is 2.32. The van der Waals surface area contributed by atoms with E-state index in [1.54, 1.807) is 18.3 Å². The van der Waals surface area contributed by atoms with Gasteiger partial charge in [-0.1, -0.05) is 6.07 Å². The largest absolute Gasteiger partial charge is 0.384 e. The zero-order valence-corrected chi connectivity index (χ0v) is 12.2. The number of hydrogen-bond donors (Lipinski definition) is 2. The molecule has 0 aliphatic rings. The van der Waals surface area contributed by atoms with Crippen LogP contribution in [0.15, 0.2) is 48.8 Å². The molecule has 2 N–H and O–H groups in total. The van der Waals surface area contributed by atoms with Gasteiger partial charge in [0, 0.05) is 49.8 Å². The maximum Gasteiger partial charge on any atom is 0.269 e. The number of rotatable bonds is 7. The van der Waals surface area contributed by atoms with E-state index in [4.69, 9.17) is 0 Å². The molecule has 0 aliphatic heterocycles. The number of pyridine rings is 1. The third kappa shape index (κ3) is 5.76. The zero-order valence-electron chi connectivity index (χ0n) is 11.4. The van der Waals surface area contributed by atoms with Crippen LogP contribution in [-0.2, 0) is 6.54 Å². The maximum atomic E-state index is 10.5. The quantitative estimate of drug-likeness (QED) is 0.467. The zero-order chi connectivity index (χ0) is 14.2. The van der Waals surface area contributed by atoms with Crippen molar-refractivity contribution < 1.29 is 4.92 Å². The summed E-state index contributed by atoms with van der Waals surface area (Å²) in [5, 5.41) is 17.0. The van der Waals surface area contributed by atoms with Crippen LogP contribution in [0.25, 0.3) is 0 Å². The van der Waals surface area contributed by atoms with Gasteiger partial charge in [0.1, 0.15) is 0 Å². The minimum absolute atomic E-state index is 0. The number of halogens is 1. The molecule has 7 heteroatoms. The lowest BCUT2D eigenvalue weighted by molar-refractivity contribution is -0.384. The number of hydrogen-bond acceptors (Lipinski definition) is 5. The fourth-order valence-electron chi connectivity index (χ4n) is 1.73. The minimum atomic E-state index is -0.404. The molecule has 6 nitrogen and oxygen atoms in total. The Kier molecular flexibility index (Phi) is 7.14. The van der Waals surface area contributed by atoms with E-state index in [0.717, 1.165) is 30.9 Å². The molecule has 1 aromatic heterocycles.